The Kier molecular flexibility index (Phi) is 5.04. The molecule has 1 N–H and O–H groups in total. The fourth-order valence-corrected chi connectivity index (χ4v) is 3.90. The van der Waals surface area contributed by atoms with Gasteiger partial charge in [0.05, 0.1) is 18.8 Å². The summed E-state index contributed by atoms with van der Waals surface area (Å²) in [5.41, 5.74) is 1.60. The number of ether oxygens (including phenoxy) is 1. The molecular weight excluding hydrogens is 328 g/mol. The van der Waals surface area contributed by atoms with E-state index in [1.54, 1.807) is 6.07 Å². The lowest BCUT2D eigenvalue weighted by Crippen LogP contribution is -2.51. The number of benzene rings is 1. The predicted molar refractivity (Wildman–Crippen MR) is 101 cm³/mol. The molecule has 2 aliphatic heterocycles. The number of aryl methyl sites for hydroxylation is 1. The zero-order chi connectivity index (χ0) is 17.9. The van der Waals surface area contributed by atoms with Gasteiger partial charge in [-0.3, -0.25) is 4.90 Å². The molecule has 0 amide bonds. The molecule has 3 heterocycles. The third-order valence-corrected chi connectivity index (χ3v) is 5.27. The maximum absolute atomic E-state index is 10.2. The minimum absolute atomic E-state index is 0.217. The molecule has 26 heavy (non-hydrogen) atoms. The molecule has 2 fully saturated rings. The van der Waals surface area contributed by atoms with Crippen LogP contribution in [0.1, 0.15) is 18.5 Å². The van der Waals surface area contributed by atoms with Crippen LogP contribution < -0.4 is 4.90 Å². The van der Waals surface area contributed by atoms with Gasteiger partial charge in [-0.1, -0.05) is 12.1 Å². The zero-order valence-corrected chi connectivity index (χ0v) is 15.3. The van der Waals surface area contributed by atoms with Crippen LogP contribution in [0.3, 0.4) is 0 Å². The number of hydrogen-bond acceptors (Lipinski definition) is 6. The summed E-state index contributed by atoms with van der Waals surface area (Å²) in [6, 6.07) is 9.85. The van der Waals surface area contributed by atoms with Crippen LogP contribution in [0.4, 0.5) is 5.82 Å². The summed E-state index contributed by atoms with van der Waals surface area (Å²) < 4.78 is 5.49. The van der Waals surface area contributed by atoms with E-state index in [1.165, 1.54) is 6.42 Å². The number of anilines is 1. The van der Waals surface area contributed by atoms with Gasteiger partial charge >= 0.3 is 0 Å². The molecule has 1 atom stereocenters. The van der Waals surface area contributed by atoms with Crippen LogP contribution in [0.15, 0.2) is 30.3 Å². The second-order valence-electron chi connectivity index (χ2n) is 7.10. The van der Waals surface area contributed by atoms with Gasteiger partial charge in [0.1, 0.15) is 11.6 Å². The Bertz CT molecular complexity index is 761. The van der Waals surface area contributed by atoms with E-state index in [0.29, 0.717) is 17.4 Å². The van der Waals surface area contributed by atoms with Gasteiger partial charge in [0.15, 0.2) is 5.82 Å². The Morgan fingerprint density at radius 2 is 1.92 bits per heavy atom. The number of hydrogen-bond donors (Lipinski definition) is 1. The molecule has 0 saturated carbocycles. The van der Waals surface area contributed by atoms with Crippen molar-refractivity contribution >= 4 is 5.82 Å². The van der Waals surface area contributed by atoms with Gasteiger partial charge in [-0.05, 0) is 31.9 Å². The summed E-state index contributed by atoms with van der Waals surface area (Å²) in [5, 5.41) is 10.2. The monoisotopic (exact) mass is 354 g/mol. The number of phenolic OH excluding ortho intramolecular Hbond substituents is 1. The van der Waals surface area contributed by atoms with E-state index >= 15 is 0 Å². The van der Waals surface area contributed by atoms with Gasteiger partial charge < -0.3 is 14.7 Å². The quantitative estimate of drug-likeness (QED) is 0.914. The first-order valence-electron chi connectivity index (χ1n) is 9.41. The molecule has 1 unspecified atom stereocenters. The van der Waals surface area contributed by atoms with Crippen molar-refractivity contribution in [1.82, 2.24) is 14.9 Å². The van der Waals surface area contributed by atoms with E-state index in [-0.39, 0.29) is 5.75 Å². The second kappa shape index (κ2) is 7.60. The first-order valence-corrected chi connectivity index (χ1v) is 9.41. The van der Waals surface area contributed by atoms with E-state index in [2.05, 4.69) is 14.8 Å². The summed E-state index contributed by atoms with van der Waals surface area (Å²) in [6.45, 7) is 7.68. The number of para-hydroxylation sites is 1. The molecule has 6 nitrogen and oxygen atoms in total. The number of aromatic nitrogens is 2. The molecule has 6 heteroatoms. The van der Waals surface area contributed by atoms with Gasteiger partial charge in [-0.25, -0.2) is 9.97 Å². The van der Waals surface area contributed by atoms with Crippen molar-refractivity contribution in [1.29, 1.82) is 0 Å². The lowest BCUT2D eigenvalue weighted by Gasteiger charge is -2.41. The molecule has 0 radical (unpaired) electrons. The largest absolute Gasteiger partial charge is 0.507 e. The summed E-state index contributed by atoms with van der Waals surface area (Å²) >= 11 is 0. The Hall–Kier alpha value is -2.18. The number of nitrogens with zero attached hydrogens (tertiary/aromatic N) is 4. The highest BCUT2D eigenvalue weighted by molar-refractivity contribution is 5.65. The Morgan fingerprint density at radius 1 is 1.12 bits per heavy atom. The first kappa shape index (κ1) is 17.2. The van der Waals surface area contributed by atoms with E-state index in [1.807, 2.05) is 31.2 Å². The van der Waals surface area contributed by atoms with E-state index in [0.717, 1.165) is 57.3 Å². The molecule has 0 aliphatic carbocycles. The zero-order valence-electron chi connectivity index (χ0n) is 15.3. The average molecular weight is 354 g/mol. The second-order valence-corrected chi connectivity index (χ2v) is 7.10. The highest BCUT2D eigenvalue weighted by Crippen LogP contribution is 2.29. The van der Waals surface area contributed by atoms with Gasteiger partial charge in [-0.2, -0.15) is 0 Å². The fourth-order valence-electron chi connectivity index (χ4n) is 3.90. The topological polar surface area (TPSA) is 61.7 Å². The standard InChI is InChI=1S/C20H26N4O2/c1-15-13-19(22-20(21-15)17-6-2-3-7-18(17)25)24-8-4-5-16(14-24)23-9-11-26-12-10-23/h2-3,6-7,13,16,25H,4-5,8-12,14H2,1H3. The van der Waals surface area contributed by atoms with Crippen molar-refractivity contribution in [2.75, 3.05) is 44.3 Å². The maximum atomic E-state index is 10.2. The van der Waals surface area contributed by atoms with E-state index in [4.69, 9.17) is 9.72 Å². The predicted octanol–water partition coefficient (Wildman–Crippen LogP) is 2.46. The number of piperidine rings is 1. The Morgan fingerprint density at radius 3 is 2.73 bits per heavy atom. The molecule has 0 bridgehead atoms. The van der Waals surface area contributed by atoms with Crippen LogP contribution in [0.2, 0.25) is 0 Å². The molecule has 2 saturated heterocycles. The SMILES string of the molecule is Cc1cc(N2CCCC(N3CCOCC3)C2)nc(-c2ccccc2O)n1. The number of phenols is 1. The Labute approximate surface area is 154 Å². The van der Waals surface area contributed by atoms with Crippen molar-refractivity contribution in [3.8, 4) is 17.1 Å². The molecule has 138 valence electrons. The van der Waals surface area contributed by atoms with Crippen LogP contribution in [-0.4, -0.2) is 65.4 Å². The summed E-state index contributed by atoms with van der Waals surface area (Å²) in [5.74, 6) is 1.76. The van der Waals surface area contributed by atoms with Crippen LogP contribution in [0.25, 0.3) is 11.4 Å². The van der Waals surface area contributed by atoms with Crippen LogP contribution in [-0.2, 0) is 4.74 Å². The normalized spacial score (nSPS) is 21.7. The highest BCUT2D eigenvalue weighted by atomic mass is 16.5. The third kappa shape index (κ3) is 3.66. The summed E-state index contributed by atoms with van der Waals surface area (Å²) in [6.07, 6.45) is 2.39. The third-order valence-electron chi connectivity index (χ3n) is 5.27. The fraction of sp³-hybridized carbons (Fsp3) is 0.500. The Balaban J connectivity index is 1.58. The lowest BCUT2D eigenvalue weighted by molar-refractivity contribution is 0.0137. The van der Waals surface area contributed by atoms with Crippen molar-refractivity contribution in [3.63, 3.8) is 0 Å². The van der Waals surface area contributed by atoms with E-state index in [9.17, 15) is 5.11 Å². The molecule has 2 aliphatic rings. The molecule has 1 aromatic heterocycles. The molecular formula is C20H26N4O2. The van der Waals surface area contributed by atoms with Gasteiger partial charge in [0.2, 0.25) is 0 Å². The first-order chi connectivity index (χ1) is 12.7. The highest BCUT2D eigenvalue weighted by Gasteiger charge is 2.27. The van der Waals surface area contributed by atoms with Gasteiger partial charge in [-0.15, -0.1) is 0 Å². The molecule has 1 aromatic carbocycles. The van der Waals surface area contributed by atoms with Crippen LogP contribution in [0, 0.1) is 6.92 Å². The number of aromatic hydroxyl groups is 1. The molecule has 0 spiro atoms. The van der Waals surface area contributed by atoms with Crippen LogP contribution in [0.5, 0.6) is 5.75 Å². The number of rotatable bonds is 3. The van der Waals surface area contributed by atoms with E-state index < -0.39 is 0 Å². The summed E-state index contributed by atoms with van der Waals surface area (Å²) in [4.78, 5) is 14.2. The van der Waals surface area contributed by atoms with Crippen molar-refractivity contribution in [2.24, 2.45) is 0 Å². The van der Waals surface area contributed by atoms with Crippen molar-refractivity contribution < 1.29 is 9.84 Å². The van der Waals surface area contributed by atoms with Crippen molar-refractivity contribution in [2.45, 2.75) is 25.8 Å². The van der Waals surface area contributed by atoms with Gasteiger partial charge in [0, 0.05) is 44.0 Å². The average Bonchev–Trinajstić information content (AvgIpc) is 2.69. The van der Waals surface area contributed by atoms with Gasteiger partial charge in [0.25, 0.3) is 0 Å². The van der Waals surface area contributed by atoms with Crippen LogP contribution >= 0.6 is 0 Å². The lowest BCUT2D eigenvalue weighted by atomic mass is 10.0. The van der Waals surface area contributed by atoms with Crippen molar-refractivity contribution in [3.05, 3.63) is 36.0 Å². The maximum Gasteiger partial charge on any atom is 0.165 e. The smallest absolute Gasteiger partial charge is 0.165 e. The number of morpholine rings is 1. The molecule has 4 rings (SSSR count). The molecule has 2 aromatic rings. The minimum atomic E-state index is 0.217. The summed E-state index contributed by atoms with van der Waals surface area (Å²) in [7, 11) is 0. The minimum Gasteiger partial charge on any atom is -0.507 e.